The van der Waals surface area contributed by atoms with Gasteiger partial charge >= 0.3 is 203 Å². The van der Waals surface area contributed by atoms with Crippen molar-refractivity contribution in [3.63, 3.8) is 0 Å². The Balaban J connectivity index is 0.00000137. The molecule has 0 amide bonds. The Bertz CT molecular complexity index is 1170. The number of benzene rings is 2. The molecular formula is C30H36Cl2SiZr. The summed E-state index contributed by atoms with van der Waals surface area (Å²) in [7, 11) is 0. The topological polar surface area (TPSA) is 0 Å². The van der Waals surface area contributed by atoms with E-state index in [4.69, 9.17) is 0 Å². The van der Waals surface area contributed by atoms with Gasteiger partial charge in [0.05, 0.1) is 0 Å². The smallest absolute Gasteiger partial charge is 1.00 e. The van der Waals surface area contributed by atoms with Crippen molar-refractivity contribution in [2.45, 2.75) is 73.7 Å². The Hall–Kier alpha value is -0.400. The minimum Gasteiger partial charge on any atom is -1.00 e. The van der Waals surface area contributed by atoms with Crippen LogP contribution >= 0.6 is 0 Å². The van der Waals surface area contributed by atoms with Crippen LogP contribution in [0.25, 0.3) is 12.2 Å². The predicted octanol–water partition coefficient (Wildman–Crippen LogP) is 2.19. The van der Waals surface area contributed by atoms with E-state index < -0.39 is 20.4 Å². The van der Waals surface area contributed by atoms with E-state index in [1.165, 1.54) is 36.8 Å². The zero-order valence-electron chi connectivity index (χ0n) is 21.4. The van der Waals surface area contributed by atoms with Gasteiger partial charge in [-0.15, -0.1) is 0 Å². The molecule has 2 saturated carbocycles. The molecule has 0 saturated heterocycles. The summed E-state index contributed by atoms with van der Waals surface area (Å²) in [6.07, 6.45) is 11.1. The number of fused-ring (bicyclic) bond motifs is 2. The molecule has 2 fully saturated rings. The molecule has 6 rings (SSSR count). The van der Waals surface area contributed by atoms with Gasteiger partial charge < -0.3 is 24.8 Å². The molecule has 178 valence electrons. The number of hydrogen-bond acceptors (Lipinski definition) is 0. The summed E-state index contributed by atoms with van der Waals surface area (Å²) in [6, 6.07) is 9.61. The van der Waals surface area contributed by atoms with Crippen molar-refractivity contribution in [2.75, 3.05) is 0 Å². The molecule has 0 spiro atoms. The number of halogens is 2. The van der Waals surface area contributed by atoms with E-state index in [0.717, 1.165) is 19.1 Å². The fourth-order valence-corrected chi connectivity index (χ4v) is 27.6. The van der Waals surface area contributed by atoms with Crippen LogP contribution < -0.4 is 24.8 Å². The minimum atomic E-state index is -1.96. The SMILES string of the molecule is Cc1ccc(C)c2c1C=C(C1CC1)[CH]2[Zr+2]([CH]1C(C2CC2)=Cc2c(C)ccc(C)c21)=[Si](C)C.[Cl-].[Cl-]. The van der Waals surface area contributed by atoms with Gasteiger partial charge in [0, 0.05) is 0 Å². The number of aryl methyl sites for hydroxylation is 4. The summed E-state index contributed by atoms with van der Waals surface area (Å²) in [5.74, 6) is 1.77. The number of hydrogen-bond donors (Lipinski definition) is 0. The van der Waals surface area contributed by atoms with Crippen molar-refractivity contribution in [2.24, 2.45) is 11.8 Å². The zero-order valence-corrected chi connectivity index (χ0v) is 26.3. The van der Waals surface area contributed by atoms with Crippen LogP contribution in [0.1, 0.15) is 77.4 Å². The average Bonchev–Trinajstić information content (AvgIpc) is 3.69. The van der Waals surface area contributed by atoms with Crippen molar-refractivity contribution in [3.8, 4) is 0 Å². The van der Waals surface area contributed by atoms with Crippen LogP contribution in [-0.4, -0.2) is 5.43 Å². The Morgan fingerprint density at radius 2 is 0.971 bits per heavy atom. The Morgan fingerprint density at radius 3 is 1.29 bits per heavy atom. The van der Waals surface area contributed by atoms with Gasteiger partial charge in [0.25, 0.3) is 0 Å². The first-order valence-corrected chi connectivity index (χ1v) is 21.7. The van der Waals surface area contributed by atoms with E-state index in [-0.39, 0.29) is 30.2 Å². The van der Waals surface area contributed by atoms with Gasteiger partial charge in [0.1, 0.15) is 0 Å². The molecule has 0 aromatic heterocycles. The molecule has 0 aliphatic heterocycles. The first kappa shape index (κ1) is 26.7. The van der Waals surface area contributed by atoms with Crippen molar-refractivity contribution >= 4 is 17.6 Å². The third kappa shape index (κ3) is 4.23. The maximum Gasteiger partial charge on any atom is -1.00 e. The van der Waals surface area contributed by atoms with Crippen LogP contribution in [-0.2, 0) is 20.4 Å². The maximum absolute atomic E-state index is 2.70. The normalized spacial score (nSPS) is 21.9. The predicted molar refractivity (Wildman–Crippen MR) is 136 cm³/mol. The van der Waals surface area contributed by atoms with E-state index >= 15 is 0 Å². The molecule has 2 unspecified atom stereocenters. The summed E-state index contributed by atoms with van der Waals surface area (Å²) in [5.41, 5.74) is 16.4. The van der Waals surface area contributed by atoms with Crippen molar-refractivity contribution in [3.05, 3.63) is 79.9 Å². The molecule has 2 atom stereocenters. The molecule has 4 aliphatic carbocycles. The molecular weight excluding hydrogens is 551 g/mol. The van der Waals surface area contributed by atoms with E-state index in [0.29, 0.717) is 0 Å². The average molecular weight is 587 g/mol. The third-order valence-corrected chi connectivity index (χ3v) is 27.8. The summed E-state index contributed by atoms with van der Waals surface area (Å²) in [6.45, 7) is 14.9. The van der Waals surface area contributed by atoms with Crippen LogP contribution in [0.5, 0.6) is 0 Å². The van der Waals surface area contributed by atoms with Gasteiger partial charge in [-0.05, 0) is 0 Å². The fraction of sp³-hybridized carbons (Fsp3) is 0.467. The van der Waals surface area contributed by atoms with Gasteiger partial charge in [-0.25, -0.2) is 0 Å². The van der Waals surface area contributed by atoms with Gasteiger partial charge in [0.2, 0.25) is 0 Å². The zero-order chi connectivity index (χ0) is 22.3. The van der Waals surface area contributed by atoms with Gasteiger partial charge in [-0.2, -0.15) is 0 Å². The maximum atomic E-state index is 2.70. The van der Waals surface area contributed by atoms with Crippen LogP contribution in [0.4, 0.5) is 0 Å². The van der Waals surface area contributed by atoms with Crippen molar-refractivity contribution in [1.29, 1.82) is 0 Å². The molecule has 0 heterocycles. The summed E-state index contributed by atoms with van der Waals surface area (Å²) >= 11 is -1.96. The Labute approximate surface area is 226 Å². The molecule has 0 N–H and O–H groups in total. The molecule has 0 bridgehead atoms. The van der Waals surface area contributed by atoms with E-state index in [9.17, 15) is 0 Å². The first-order valence-electron chi connectivity index (χ1n) is 12.7. The van der Waals surface area contributed by atoms with Crippen molar-refractivity contribution < 1.29 is 45.2 Å². The molecule has 0 nitrogen and oxygen atoms in total. The summed E-state index contributed by atoms with van der Waals surface area (Å²) < 4.78 is 1.64. The monoisotopic (exact) mass is 584 g/mol. The third-order valence-electron chi connectivity index (χ3n) is 8.61. The molecule has 34 heavy (non-hydrogen) atoms. The van der Waals surface area contributed by atoms with Gasteiger partial charge in [0.15, 0.2) is 0 Å². The minimum absolute atomic E-state index is 0. The number of allylic oxidation sites excluding steroid dienone is 2. The standard InChI is InChI=1S/2C14H15.C2H6Si.2ClH.Zr/c2*1-9-3-4-10(2)14-8-12(7-13(9)14)11-5-6-11;1-3-2;;;/h2*3-4,7-8,11H,5-6H2,1-2H3;1-2H3;2*1H;/q;;;;;+2/p-2. The fourth-order valence-electron chi connectivity index (χ4n) is 6.65. The second-order valence-corrected chi connectivity index (χ2v) is 29.1. The van der Waals surface area contributed by atoms with Crippen molar-refractivity contribution in [1.82, 2.24) is 0 Å². The van der Waals surface area contributed by atoms with Gasteiger partial charge in [-0.3, -0.25) is 0 Å². The van der Waals surface area contributed by atoms with Crippen LogP contribution in [0.15, 0.2) is 35.4 Å². The van der Waals surface area contributed by atoms with E-state index in [1.54, 1.807) is 33.4 Å². The Kier molecular flexibility index (Phi) is 7.69. The second kappa shape index (κ2) is 9.81. The van der Waals surface area contributed by atoms with E-state index in [2.05, 4.69) is 77.2 Å². The molecule has 2 aromatic carbocycles. The van der Waals surface area contributed by atoms with E-state index in [1.807, 2.05) is 11.1 Å². The molecule has 2 aromatic rings. The van der Waals surface area contributed by atoms with Crippen LogP contribution in [0.3, 0.4) is 0 Å². The Morgan fingerprint density at radius 1 is 0.618 bits per heavy atom. The molecule has 4 heteroatoms. The quantitative estimate of drug-likeness (QED) is 0.482. The molecule has 0 radical (unpaired) electrons. The largest absolute Gasteiger partial charge is 1.00 e. The summed E-state index contributed by atoms with van der Waals surface area (Å²) in [5, 5.41) is 0. The second-order valence-electron chi connectivity index (χ2n) is 11.2. The number of rotatable bonds is 4. The summed E-state index contributed by atoms with van der Waals surface area (Å²) in [4.78, 5) is 0. The first-order chi connectivity index (χ1) is 15.4. The van der Waals surface area contributed by atoms with Crippen LogP contribution in [0.2, 0.25) is 13.1 Å². The van der Waals surface area contributed by atoms with Gasteiger partial charge in [-0.1, -0.05) is 0 Å². The molecule has 4 aliphatic rings. The van der Waals surface area contributed by atoms with Crippen LogP contribution in [0, 0.1) is 39.5 Å².